The lowest BCUT2D eigenvalue weighted by molar-refractivity contribution is 0.385. The van der Waals surface area contributed by atoms with Gasteiger partial charge in [0.15, 0.2) is 11.6 Å². The Morgan fingerprint density at radius 3 is 2.80 bits per heavy atom. The highest BCUT2D eigenvalue weighted by molar-refractivity contribution is 5.30. The van der Waals surface area contributed by atoms with Crippen LogP contribution in [0.15, 0.2) is 41.3 Å². The van der Waals surface area contributed by atoms with Gasteiger partial charge in [-0.15, -0.1) is 0 Å². The Kier molecular flexibility index (Phi) is 4.20. The third-order valence-corrected chi connectivity index (χ3v) is 3.21. The number of methoxy groups -OCH3 is 1. The van der Waals surface area contributed by atoms with Crippen molar-refractivity contribution in [2.24, 2.45) is 5.73 Å². The van der Waals surface area contributed by atoms with E-state index in [1.165, 1.54) is 23.8 Å². The van der Waals surface area contributed by atoms with E-state index >= 15 is 0 Å². The van der Waals surface area contributed by atoms with E-state index in [9.17, 15) is 9.18 Å². The summed E-state index contributed by atoms with van der Waals surface area (Å²) in [5.74, 6) is -0.286. The van der Waals surface area contributed by atoms with Crippen LogP contribution in [0.5, 0.6) is 5.75 Å². The molecule has 1 unspecified atom stereocenters. The summed E-state index contributed by atoms with van der Waals surface area (Å²) in [5, 5.41) is 0. The van der Waals surface area contributed by atoms with E-state index in [-0.39, 0.29) is 11.3 Å². The van der Waals surface area contributed by atoms with Crippen LogP contribution in [0.3, 0.4) is 0 Å². The summed E-state index contributed by atoms with van der Waals surface area (Å²) in [6.07, 6.45) is 1.68. The number of hydrogen-bond acceptors (Lipinski definition) is 3. The number of pyridine rings is 1. The molecule has 0 aliphatic rings. The minimum absolute atomic E-state index is 0.0862. The van der Waals surface area contributed by atoms with Crippen LogP contribution >= 0.6 is 0 Å². The van der Waals surface area contributed by atoms with E-state index in [0.29, 0.717) is 17.7 Å². The lowest BCUT2D eigenvalue weighted by Crippen LogP contribution is -2.27. The van der Waals surface area contributed by atoms with Crippen molar-refractivity contribution in [2.45, 2.75) is 19.5 Å². The van der Waals surface area contributed by atoms with Crippen molar-refractivity contribution in [1.29, 1.82) is 0 Å². The van der Waals surface area contributed by atoms with E-state index in [1.807, 2.05) is 0 Å². The van der Waals surface area contributed by atoms with Gasteiger partial charge in [0.2, 0.25) is 0 Å². The molecule has 0 saturated carbocycles. The first-order chi connectivity index (χ1) is 9.52. The van der Waals surface area contributed by atoms with Gasteiger partial charge in [0.25, 0.3) is 5.56 Å². The second kappa shape index (κ2) is 5.88. The maximum absolute atomic E-state index is 13.6. The van der Waals surface area contributed by atoms with Crippen molar-refractivity contribution < 1.29 is 9.13 Å². The molecule has 2 rings (SSSR count). The molecule has 0 amide bonds. The van der Waals surface area contributed by atoms with E-state index in [2.05, 4.69) is 0 Å². The average molecular weight is 276 g/mol. The molecular formula is C15H17FN2O2. The molecule has 1 aromatic heterocycles. The molecule has 0 spiro atoms. The van der Waals surface area contributed by atoms with E-state index < -0.39 is 11.9 Å². The maximum atomic E-state index is 13.6. The minimum atomic E-state index is -0.463. The Balaban J connectivity index is 2.24. The van der Waals surface area contributed by atoms with Crippen LogP contribution < -0.4 is 16.0 Å². The first kappa shape index (κ1) is 14.3. The molecule has 0 aliphatic heterocycles. The molecule has 0 saturated heterocycles. The summed E-state index contributed by atoms with van der Waals surface area (Å²) in [6, 6.07) is 7.64. The molecule has 1 aromatic carbocycles. The van der Waals surface area contributed by atoms with Crippen molar-refractivity contribution >= 4 is 0 Å². The standard InChI is InChI=1S/C15H17FN2O2/c1-10-4-3-7-18(15(10)19)9-13(17)11-5-6-14(20-2)12(16)8-11/h3-8,13H,9,17H2,1-2H3. The van der Waals surface area contributed by atoms with E-state index in [1.54, 1.807) is 31.3 Å². The van der Waals surface area contributed by atoms with E-state index in [4.69, 9.17) is 10.5 Å². The van der Waals surface area contributed by atoms with Crippen molar-refractivity contribution in [3.05, 3.63) is 63.8 Å². The largest absolute Gasteiger partial charge is 0.494 e. The summed E-state index contributed by atoms with van der Waals surface area (Å²) < 4.78 is 20.0. The van der Waals surface area contributed by atoms with Crippen LogP contribution in [0.4, 0.5) is 4.39 Å². The van der Waals surface area contributed by atoms with Crippen LogP contribution in [0.1, 0.15) is 17.2 Å². The van der Waals surface area contributed by atoms with Crippen molar-refractivity contribution in [2.75, 3.05) is 7.11 Å². The molecule has 1 heterocycles. The smallest absolute Gasteiger partial charge is 0.253 e. The van der Waals surface area contributed by atoms with Crippen LogP contribution in [-0.4, -0.2) is 11.7 Å². The van der Waals surface area contributed by atoms with Gasteiger partial charge >= 0.3 is 0 Å². The molecule has 0 fully saturated rings. The fourth-order valence-electron chi connectivity index (χ4n) is 2.03. The van der Waals surface area contributed by atoms with Gasteiger partial charge in [0.05, 0.1) is 7.11 Å². The Morgan fingerprint density at radius 1 is 1.40 bits per heavy atom. The molecule has 1 atom stereocenters. The van der Waals surface area contributed by atoms with Gasteiger partial charge in [0.1, 0.15) is 0 Å². The number of benzene rings is 1. The van der Waals surface area contributed by atoms with Gasteiger partial charge in [-0.1, -0.05) is 12.1 Å². The number of nitrogens with zero attached hydrogens (tertiary/aromatic N) is 1. The number of ether oxygens (including phenoxy) is 1. The van der Waals surface area contributed by atoms with Gasteiger partial charge < -0.3 is 15.0 Å². The third-order valence-electron chi connectivity index (χ3n) is 3.21. The molecule has 106 valence electrons. The van der Waals surface area contributed by atoms with E-state index in [0.717, 1.165) is 0 Å². The molecule has 0 aliphatic carbocycles. The maximum Gasteiger partial charge on any atom is 0.253 e. The Morgan fingerprint density at radius 2 is 2.15 bits per heavy atom. The Labute approximate surface area is 116 Å². The molecule has 2 N–H and O–H groups in total. The first-order valence-electron chi connectivity index (χ1n) is 6.28. The van der Waals surface area contributed by atoms with Gasteiger partial charge in [-0.05, 0) is 30.7 Å². The quantitative estimate of drug-likeness (QED) is 0.929. The fourth-order valence-corrected chi connectivity index (χ4v) is 2.03. The molecule has 0 bridgehead atoms. The molecule has 2 aromatic rings. The van der Waals surface area contributed by atoms with Crippen LogP contribution in [0.2, 0.25) is 0 Å². The molecular weight excluding hydrogens is 259 g/mol. The van der Waals surface area contributed by atoms with Gasteiger partial charge in [-0.2, -0.15) is 0 Å². The van der Waals surface area contributed by atoms with Crippen molar-refractivity contribution in [1.82, 2.24) is 4.57 Å². The van der Waals surface area contributed by atoms with Gasteiger partial charge in [0, 0.05) is 24.3 Å². The Bertz CT molecular complexity index is 667. The summed E-state index contributed by atoms with van der Waals surface area (Å²) in [7, 11) is 1.41. The zero-order valence-electron chi connectivity index (χ0n) is 11.5. The number of nitrogens with two attached hydrogens (primary N) is 1. The lowest BCUT2D eigenvalue weighted by Gasteiger charge is -2.15. The first-order valence-corrected chi connectivity index (χ1v) is 6.28. The fraction of sp³-hybridized carbons (Fsp3) is 0.267. The highest BCUT2D eigenvalue weighted by Crippen LogP contribution is 2.21. The SMILES string of the molecule is COc1ccc(C(N)Cn2cccc(C)c2=O)cc1F. The molecule has 0 radical (unpaired) electrons. The number of halogens is 1. The van der Waals surface area contributed by atoms with Crippen LogP contribution in [-0.2, 0) is 6.54 Å². The zero-order valence-corrected chi connectivity index (χ0v) is 11.5. The predicted molar refractivity (Wildman–Crippen MR) is 75.3 cm³/mol. The highest BCUT2D eigenvalue weighted by Gasteiger charge is 2.11. The highest BCUT2D eigenvalue weighted by atomic mass is 19.1. The summed E-state index contributed by atoms with van der Waals surface area (Å²) in [5.41, 5.74) is 7.23. The van der Waals surface area contributed by atoms with Gasteiger partial charge in [-0.3, -0.25) is 4.79 Å². The number of aryl methyl sites for hydroxylation is 1. The molecule has 5 heteroatoms. The third kappa shape index (κ3) is 2.88. The molecule has 4 nitrogen and oxygen atoms in total. The second-order valence-electron chi connectivity index (χ2n) is 4.65. The topological polar surface area (TPSA) is 57.2 Å². The minimum Gasteiger partial charge on any atom is -0.494 e. The summed E-state index contributed by atoms with van der Waals surface area (Å²) >= 11 is 0. The van der Waals surface area contributed by atoms with Crippen LogP contribution in [0.25, 0.3) is 0 Å². The Hall–Kier alpha value is -2.14. The number of hydrogen-bond donors (Lipinski definition) is 1. The summed E-state index contributed by atoms with van der Waals surface area (Å²) in [4.78, 5) is 11.9. The lowest BCUT2D eigenvalue weighted by atomic mass is 10.1. The van der Waals surface area contributed by atoms with Crippen molar-refractivity contribution in [3.63, 3.8) is 0 Å². The predicted octanol–water partition coefficient (Wildman–Crippen LogP) is 2.00. The summed E-state index contributed by atoms with van der Waals surface area (Å²) in [6.45, 7) is 2.05. The average Bonchev–Trinajstić information content (AvgIpc) is 2.43. The van der Waals surface area contributed by atoms with Gasteiger partial charge in [-0.25, -0.2) is 4.39 Å². The number of aromatic nitrogens is 1. The normalized spacial score (nSPS) is 12.2. The molecule has 20 heavy (non-hydrogen) atoms. The van der Waals surface area contributed by atoms with Crippen LogP contribution in [0, 0.1) is 12.7 Å². The van der Waals surface area contributed by atoms with Crippen molar-refractivity contribution in [3.8, 4) is 5.75 Å². The monoisotopic (exact) mass is 276 g/mol. The number of rotatable bonds is 4. The zero-order chi connectivity index (χ0) is 14.7. The second-order valence-corrected chi connectivity index (χ2v) is 4.65.